The monoisotopic (exact) mass is 839 g/mol. The molecule has 3 aromatic carbocycles. The molecule has 1 aromatic heterocycles. The van der Waals surface area contributed by atoms with Gasteiger partial charge in [-0.25, -0.2) is 8.42 Å². The number of carbonyl (C=O) groups is 3. The van der Waals surface area contributed by atoms with Gasteiger partial charge in [0.15, 0.2) is 0 Å². The zero-order chi connectivity index (χ0) is 43.0. The molecule has 3 amide bonds. The first kappa shape index (κ1) is 43.9. The highest BCUT2D eigenvalue weighted by atomic mass is 32.2. The Morgan fingerprint density at radius 3 is 2.35 bits per heavy atom. The molecule has 2 aliphatic rings. The molecule has 14 nitrogen and oxygen atoms in total. The van der Waals surface area contributed by atoms with Crippen molar-refractivity contribution < 1.29 is 27.5 Å². The van der Waals surface area contributed by atoms with Crippen molar-refractivity contribution in [3.63, 3.8) is 0 Å². The van der Waals surface area contributed by atoms with Gasteiger partial charge in [-0.2, -0.15) is 0 Å². The first-order chi connectivity index (χ1) is 28.8. The fraction of sp³-hybridized carbons (Fsp3) is 0.422. The van der Waals surface area contributed by atoms with Gasteiger partial charge in [-0.1, -0.05) is 31.2 Å². The smallest absolute Gasteiger partial charge is 0.254 e. The normalized spacial score (nSPS) is 17.9. The summed E-state index contributed by atoms with van der Waals surface area (Å²) in [5, 5.41) is 9.72. The molecule has 1 unspecified atom stereocenters. The van der Waals surface area contributed by atoms with Gasteiger partial charge < -0.3 is 30.2 Å². The standard InChI is InChI=1S/C45H57N7O7S/c1-6-44(55)52-30(3)24-39(36-13-8-9-14-40(36)52)46-32-19-21-33(22-20-32)47-42(53)15-10-16-43(54)48-35-12-11-23-51(28-35)27-31-17-18-34(49-60(57,58)7-2)25-37(31)38-29-50(4)45(56)26-41(38)59-5/h8-9,13-14,17-22,25-26,29-30,35,39,46,49H,6-7,10-12,15-16,23-24,27-28H2,1-5H3,(H,47,53)(H,48,54)/t30-,35?,39+/m0/s1. The molecule has 4 N–H and O–H groups in total. The van der Waals surface area contributed by atoms with Crippen LogP contribution in [0.4, 0.5) is 22.7 Å². The molecule has 60 heavy (non-hydrogen) atoms. The number of rotatable bonds is 16. The zero-order valence-corrected chi connectivity index (χ0v) is 35.9. The van der Waals surface area contributed by atoms with Gasteiger partial charge in [0.25, 0.3) is 5.56 Å². The first-order valence-corrected chi connectivity index (χ1v) is 22.4. The van der Waals surface area contributed by atoms with E-state index >= 15 is 0 Å². The third kappa shape index (κ3) is 10.9. The van der Waals surface area contributed by atoms with Gasteiger partial charge in [-0.15, -0.1) is 0 Å². The fourth-order valence-corrected chi connectivity index (χ4v) is 8.74. The average Bonchev–Trinajstić information content (AvgIpc) is 3.22. The summed E-state index contributed by atoms with van der Waals surface area (Å²) in [4.78, 5) is 55.2. The Balaban J connectivity index is 0.994. The maximum atomic E-state index is 13.0. The molecule has 0 spiro atoms. The van der Waals surface area contributed by atoms with Gasteiger partial charge in [0.1, 0.15) is 5.75 Å². The summed E-state index contributed by atoms with van der Waals surface area (Å²) in [6.07, 6.45) is 5.45. The van der Waals surface area contributed by atoms with Crippen LogP contribution in [-0.2, 0) is 38.0 Å². The van der Waals surface area contributed by atoms with Crippen LogP contribution in [0.1, 0.15) is 82.9 Å². The topological polar surface area (TPSA) is 171 Å². The number of methoxy groups -OCH3 is 1. The average molecular weight is 840 g/mol. The molecule has 320 valence electrons. The third-order valence-corrected chi connectivity index (χ3v) is 12.5. The zero-order valence-electron chi connectivity index (χ0n) is 35.1. The number of hydrogen-bond donors (Lipinski definition) is 4. The predicted molar refractivity (Wildman–Crippen MR) is 237 cm³/mol. The fourth-order valence-electron chi connectivity index (χ4n) is 8.11. The van der Waals surface area contributed by atoms with Crippen molar-refractivity contribution in [2.45, 2.75) is 90.4 Å². The van der Waals surface area contributed by atoms with Crippen molar-refractivity contribution >= 4 is 50.5 Å². The van der Waals surface area contributed by atoms with E-state index < -0.39 is 10.0 Å². The number of sulfonamides is 1. The molecular weight excluding hydrogens is 783 g/mol. The van der Waals surface area contributed by atoms with Gasteiger partial charge in [-0.3, -0.25) is 28.8 Å². The number of likely N-dealkylation sites (tertiary alicyclic amines) is 1. The molecule has 0 radical (unpaired) electrons. The number of benzene rings is 3. The minimum Gasteiger partial charge on any atom is -0.496 e. The molecule has 3 heterocycles. The van der Waals surface area contributed by atoms with E-state index in [1.54, 1.807) is 32.3 Å². The SMILES string of the molecule is CCC(=O)N1c2ccccc2[C@H](Nc2ccc(NC(=O)CCCC(=O)NC3CCCN(Cc4ccc(NS(=O)(=O)CC)cc4-c4cn(C)c(=O)cc4OC)C3)cc2)C[C@@H]1C. The van der Waals surface area contributed by atoms with E-state index in [0.717, 1.165) is 53.9 Å². The van der Waals surface area contributed by atoms with Gasteiger partial charge in [0.2, 0.25) is 27.7 Å². The summed E-state index contributed by atoms with van der Waals surface area (Å²) in [6, 6.07) is 22.4. The summed E-state index contributed by atoms with van der Waals surface area (Å²) in [5.74, 6) is 0.157. The van der Waals surface area contributed by atoms with Gasteiger partial charge >= 0.3 is 0 Å². The van der Waals surface area contributed by atoms with Crippen molar-refractivity contribution in [2.24, 2.45) is 7.05 Å². The minimum absolute atomic E-state index is 0.0337. The van der Waals surface area contributed by atoms with E-state index in [-0.39, 0.29) is 60.0 Å². The highest BCUT2D eigenvalue weighted by molar-refractivity contribution is 7.92. The Labute approximate surface area is 352 Å². The number of ether oxygens (including phenoxy) is 1. The van der Waals surface area contributed by atoms with Gasteiger partial charge in [0.05, 0.1) is 18.9 Å². The van der Waals surface area contributed by atoms with Crippen LogP contribution in [0.2, 0.25) is 0 Å². The summed E-state index contributed by atoms with van der Waals surface area (Å²) >= 11 is 0. The number of carbonyl (C=O) groups excluding carboxylic acids is 3. The molecule has 15 heteroatoms. The van der Waals surface area contributed by atoms with Crippen LogP contribution in [0, 0.1) is 0 Å². The highest BCUT2D eigenvalue weighted by Gasteiger charge is 2.33. The summed E-state index contributed by atoms with van der Waals surface area (Å²) in [7, 11) is -0.376. The quantitative estimate of drug-likeness (QED) is 0.0997. The van der Waals surface area contributed by atoms with Crippen LogP contribution < -0.4 is 35.9 Å². The lowest BCUT2D eigenvalue weighted by atomic mass is 9.91. The molecular formula is C45H57N7O7S. The van der Waals surface area contributed by atoms with Crippen molar-refractivity contribution in [2.75, 3.05) is 46.2 Å². The Bertz CT molecular complexity index is 2350. The van der Waals surface area contributed by atoms with E-state index in [1.807, 2.05) is 60.4 Å². The van der Waals surface area contributed by atoms with Crippen LogP contribution in [0.25, 0.3) is 11.1 Å². The molecule has 0 bridgehead atoms. The number of para-hydroxylation sites is 1. The number of piperidine rings is 1. The Morgan fingerprint density at radius 2 is 1.62 bits per heavy atom. The second-order valence-corrected chi connectivity index (χ2v) is 17.7. The van der Waals surface area contributed by atoms with Crippen molar-refractivity contribution in [1.29, 1.82) is 0 Å². The third-order valence-electron chi connectivity index (χ3n) is 11.2. The maximum Gasteiger partial charge on any atom is 0.254 e. The number of nitrogens with zero attached hydrogens (tertiary/aromatic N) is 3. The number of aromatic nitrogens is 1. The second kappa shape index (κ2) is 19.6. The minimum atomic E-state index is -3.52. The Hall–Kier alpha value is -5.67. The van der Waals surface area contributed by atoms with E-state index in [0.29, 0.717) is 48.6 Å². The van der Waals surface area contributed by atoms with E-state index in [9.17, 15) is 27.6 Å². The molecule has 2 aliphatic heterocycles. The van der Waals surface area contributed by atoms with Gasteiger partial charge in [0, 0.05) is 92.1 Å². The number of pyridine rings is 1. The number of anilines is 4. The Morgan fingerprint density at radius 1 is 0.900 bits per heavy atom. The lowest BCUT2D eigenvalue weighted by Crippen LogP contribution is -2.47. The number of hydrogen-bond acceptors (Lipinski definition) is 9. The molecule has 1 fully saturated rings. The van der Waals surface area contributed by atoms with Crippen LogP contribution in [-0.4, -0.2) is 73.6 Å². The molecule has 4 aromatic rings. The van der Waals surface area contributed by atoms with Crippen LogP contribution in [0.15, 0.2) is 83.8 Å². The number of aryl methyl sites for hydroxylation is 1. The summed E-state index contributed by atoms with van der Waals surface area (Å²) in [6.45, 7) is 7.49. The summed E-state index contributed by atoms with van der Waals surface area (Å²) < 4.78 is 34.5. The molecule has 0 saturated carbocycles. The van der Waals surface area contributed by atoms with E-state index in [4.69, 9.17) is 4.74 Å². The van der Waals surface area contributed by atoms with Crippen LogP contribution >= 0.6 is 0 Å². The predicted octanol–water partition coefficient (Wildman–Crippen LogP) is 6.40. The van der Waals surface area contributed by atoms with Crippen LogP contribution in [0.3, 0.4) is 0 Å². The maximum absolute atomic E-state index is 13.0. The Kier molecular flexibility index (Phi) is 14.3. The van der Waals surface area contributed by atoms with E-state index in [2.05, 4.69) is 38.6 Å². The van der Waals surface area contributed by atoms with Crippen molar-refractivity contribution in [3.05, 3.63) is 100 Å². The lowest BCUT2D eigenvalue weighted by molar-refractivity contribution is -0.122. The second-order valence-electron chi connectivity index (χ2n) is 15.7. The molecule has 3 atom stereocenters. The molecule has 1 saturated heterocycles. The van der Waals surface area contributed by atoms with Crippen molar-refractivity contribution in [1.82, 2.24) is 14.8 Å². The largest absolute Gasteiger partial charge is 0.496 e. The highest BCUT2D eigenvalue weighted by Crippen LogP contribution is 2.39. The number of nitrogens with one attached hydrogen (secondary N) is 4. The summed E-state index contributed by atoms with van der Waals surface area (Å²) in [5.41, 5.74) is 6.08. The lowest BCUT2D eigenvalue weighted by Gasteiger charge is -2.40. The van der Waals surface area contributed by atoms with Crippen LogP contribution in [0.5, 0.6) is 5.75 Å². The van der Waals surface area contributed by atoms with E-state index in [1.165, 1.54) is 17.7 Å². The first-order valence-electron chi connectivity index (χ1n) is 20.7. The number of fused-ring (bicyclic) bond motifs is 1. The molecule has 0 aliphatic carbocycles. The van der Waals surface area contributed by atoms with Crippen molar-refractivity contribution in [3.8, 4) is 16.9 Å². The number of amides is 3. The van der Waals surface area contributed by atoms with Gasteiger partial charge in [-0.05, 0) is 105 Å². The molecule has 6 rings (SSSR count).